The minimum atomic E-state index is -3.57. The molecule has 1 aromatic carbocycles. The molecular formula is C17H21ClN4O3S. The van der Waals surface area contributed by atoms with Gasteiger partial charge in [-0.1, -0.05) is 11.2 Å². The van der Waals surface area contributed by atoms with Crippen LogP contribution in [0.5, 0.6) is 0 Å². The molecule has 140 valence electrons. The lowest BCUT2D eigenvalue weighted by molar-refractivity contribution is 0.410. The first-order valence-electron chi connectivity index (χ1n) is 8.01. The molecule has 2 aromatic heterocycles. The van der Waals surface area contributed by atoms with Crippen molar-refractivity contribution in [3.8, 4) is 0 Å². The zero-order chi connectivity index (χ0) is 17.7. The van der Waals surface area contributed by atoms with Crippen LogP contribution >= 0.6 is 12.4 Å². The van der Waals surface area contributed by atoms with E-state index in [2.05, 4.69) is 20.2 Å². The lowest BCUT2D eigenvalue weighted by Crippen LogP contribution is -2.40. The quantitative estimate of drug-likeness (QED) is 0.566. The highest BCUT2D eigenvalue weighted by atomic mass is 35.5. The molecule has 0 saturated carbocycles. The van der Waals surface area contributed by atoms with Gasteiger partial charge < -0.3 is 9.84 Å². The first-order chi connectivity index (χ1) is 12.0. The van der Waals surface area contributed by atoms with Crippen molar-refractivity contribution in [3.05, 3.63) is 54.7 Å². The van der Waals surface area contributed by atoms with Crippen LogP contribution in [0.15, 0.2) is 58.4 Å². The number of hydrogen-bond donors (Lipinski definition) is 2. The van der Waals surface area contributed by atoms with Crippen LogP contribution in [-0.4, -0.2) is 37.7 Å². The number of aromatic nitrogens is 2. The molecule has 1 atom stereocenters. The Bertz CT molecular complexity index is 932. The number of sulfonamides is 1. The van der Waals surface area contributed by atoms with Crippen molar-refractivity contribution in [2.24, 2.45) is 0 Å². The van der Waals surface area contributed by atoms with Gasteiger partial charge in [0.15, 0.2) is 0 Å². The topological polar surface area (TPSA) is 97.1 Å². The van der Waals surface area contributed by atoms with Crippen LogP contribution in [0.3, 0.4) is 0 Å². The molecule has 2 heterocycles. The molecule has 0 fully saturated rings. The maximum Gasteiger partial charge on any atom is 0.240 e. The molecule has 0 bridgehead atoms. The van der Waals surface area contributed by atoms with Crippen molar-refractivity contribution in [1.82, 2.24) is 20.2 Å². The van der Waals surface area contributed by atoms with Crippen LogP contribution in [0, 0.1) is 0 Å². The van der Waals surface area contributed by atoms with Gasteiger partial charge in [-0.05, 0) is 30.5 Å². The largest absolute Gasteiger partial charge is 0.365 e. The maximum absolute atomic E-state index is 12.5. The molecular weight excluding hydrogens is 376 g/mol. The Morgan fingerprint density at radius 1 is 1.19 bits per heavy atom. The smallest absolute Gasteiger partial charge is 0.240 e. The predicted octanol–water partition coefficient (Wildman–Crippen LogP) is 2.14. The molecule has 0 spiro atoms. The van der Waals surface area contributed by atoms with Crippen LogP contribution in [0.1, 0.15) is 12.6 Å². The summed E-state index contributed by atoms with van der Waals surface area (Å²) < 4.78 is 32.5. The van der Waals surface area contributed by atoms with Gasteiger partial charge in [0.05, 0.1) is 10.6 Å². The first kappa shape index (κ1) is 20.3. The van der Waals surface area contributed by atoms with Gasteiger partial charge in [0.1, 0.15) is 6.26 Å². The second-order valence-corrected chi connectivity index (χ2v) is 7.57. The number of benzene rings is 1. The summed E-state index contributed by atoms with van der Waals surface area (Å²) in [5.74, 6) is 0. The molecule has 0 amide bonds. The van der Waals surface area contributed by atoms with Crippen molar-refractivity contribution >= 4 is 33.2 Å². The molecule has 0 aliphatic carbocycles. The zero-order valence-corrected chi connectivity index (χ0v) is 15.9. The summed E-state index contributed by atoms with van der Waals surface area (Å²) >= 11 is 0. The monoisotopic (exact) mass is 396 g/mol. The summed E-state index contributed by atoms with van der Waals surface area (Å²) in [6, 6.07) is 8.38. The molecule has 0 saturated heterocycles. The molecule has 0 aliphatic rings. The summed E-state index contributed by atoms with van der Waals surface area (Å²) in [5.41, 5.74) is 0.867. The van der Waals surface area contributed by atoms with Crippen LogP contribution in [0.4, 0.5) is 0 Å². The number of halogens is 1. The van der Waals surface area contributed by atoms with Crippen molar-refractivity contribution in [2.75, 3.05) is 13.1 Å². The third kappa shape index (κ3) is 5.25. The molecule has 3 rings (SSSR count). The second-order valence-electron chi connectivity index (χ2n) is 5.85. The third-order valence-electron chi connectivity index (χ3n) is 3.78. The van der Waals surface area contributed by atoms with E-state index < -0.39 is 10.0 Å². The lowest BCUT2D eigenvalue weighted by Gasteiger charge is -2.15. The summed E-state index contributed by atoms with van der Waals surface area (Å²) in [4.78, 5) is 4.28. The van der Waals surface area contributed by atoms with Gasteiger partial charge in [0.2, 0.25) is 10.0 Å². The van der Waals surface area contributed by atoms with E-state index in [0.717, 1.165) is 22.9 Å². The fourth-order valence-electron chi connectivity index (χ4n) is 2.50. The Balaban J connectivity index is 0.00000243. The Morgan fingerprint density at radius 2 is 2.04 bits per heavy atom. The van der Waals surface area contributed by atoms with Gasteiger partial charge in [-0.25, -0.2) is 13.1 Å². The van der Waals surface area contributed by atoms with Crippen molar-refractivity contribution < 1.29 is 12.9 Å². The molecule has 0 radical (unpaired) electrons. The number of fused-ring (bicyclic) bond motifs is 1. The van der Waals surface area contributed by atoms with E-state index in [4.69, 9.17) is 4.52 Å². The summed E-state index contributed by atoms with van der Waals surface area (Å²) in [6.07, 6.45) is 5.62. The first-order valence-corrected chi connectivity index (χ1v) is 9.49. The Labute approximate surface area is 158 Å². The Morgan fingerprint density at radius 3 is 2.81 bits per heavy atom. The highest BCUT2D eigenvalue weighted by molar-refractivity contribution is 7.89. The van der Waals surface area contributed by atoms with Crippen LogP contribution < -0.4 is 10.0 Å². The van der Waals surface area contributed by atoms with E-state index in [1.807, 2.05) is 13.0 Å². The molecule has 26 heavy (non-hydrogen) atoms. The van der Waals surface area contributed by atoms with Crippen molar-refractivity contribution in [2.45, 2.75) is 24.3 Å². The number of nitrogens with zero attached hydrogens (tertiary/aromatic N) is 2. The minimum absolute atomic E-state index is 0. The van der Waals surface area contributed by atoms with E-state index >= 15 is 0 Å². The number of pyridine rings is 1. The van der Waals surface area contributed by atoms with E-state index in [1.165, 1.54) is 6.26 Å². The predicted molar refractivity (Wildman–Crippen MR) is 102 cm³/mol. The van der Waals surface area contributed by atoms with Gasteiger partial charge in [-0.15, -0.1) is 12.4 Å². The van der Waals surface area contributed by atoms with E-state index in [1.54, 1.807) is 36.7 Å². The summed E-state index contributed by atoms with van der Waals surface area (Å²) in [5, 5.41) is 8.79. The van der Waals surface area contributed by atoms with Crippen molar-refractivity contribution in [3.63, 3.8) is 0 Å². The molecule has 3 aromatic rings. The lowest BCUT2D eigenvalue weighted by atomic mass is 10.2. The normalized spacial score (nSPS) is 12.7. The van der Waals surface area contributed by atoms with Gasteiger partial charge >= 0.3 is 0 Å². The van der Waals surface area contributed by atoms with E-state index in [9.17, 15) is 8.42 Å². The third-order valence-corrected chi connectivity index (χ3v) is 5.37. The highest BCUT2D eigenvalue weighted by Gasteiger charge is 2.17. The average molecular weight is 397 g/mol. The number of rotatable bonds is 8. The standard InChI is InChI=1S/C17H20N4O3S.ClH/c1-13(11-18-8-5-16-6-9-24-20-16)21-25(22,23)17-3-2-15-12-19-7-4-14(15)10-17;/h2-4,6-7,9-10,12-13,18,21H,5,8,11H2,1H3;1H/t13-;/m1./s1. The number of hydrogen-bond acceptors (Lipinski definition) is 6. The second kappa shape index (κ2) is 9.09. The van der Waals surface area contributed by atoms with Crippen LogP contribution in [0.25, 0.3) is 10.8 Å². The fraction of sp³-hybridized carbons (Fsp3) is 0.294. The Kier molecular flexibility index (Phi) is 7.10. The molecule has 2 N–H and O–H groups in total. The van der Waals surface area contributed by atoms with E-state index in [0.29, 0.717) is 13.1 Å². The van der Waals surface area contributed by atoms with Gasteiger partial charge in [0.25, 0.3) is 0 Å². The summed E-state index contributed by atoms with van der Waals surface area (Å²) in [6.45, 7) is 3.04. The molecule has 0 aliphatic heterocycles. The highest BCUT2D eigenvalue weighted by Crippen LogP contribution is 2.18. The average Bonchev–Trinajstić information content (AvgIpc) is 3.11. The van der Waals surface area contributed by atoms with Crippen LogP contribution in [-0.2, 0) is 16.4 Å². The molecule has 7 nitrogen and oxygen atoms in total. The minimum Gasteiger partial charge on any atom is -0.365 e. The summed E-state index contributed by atoms with van der Waals surface area (Å²) in [7, 11) is -3.57. The van der Waals surface area contributed by atoms with Gasteiger partial charge in [-0.3, -0.25) is 4.98 Å². The van der Waals surface area contributed by atoms with Gasteiger partial charge in [-0.2, -0.15) is 0 Å². The fourth-order valence-corrected chi connectivity index (χ4v) is 3.78. The molecule has 9 heteroatoms. The Hall–Kier alpha value is -2.00. The van der Waals surface area contributed by atoms with E-state index in [-0.39, 0.29) is 23.3 Å². The van der Waals surface area contributed by atoms with Crippen LogP contribution in [0.2, 0.25) is 0 Å². The number of nitrogens with one attached hydrogen (secondary N) is 2. The zero-order valence-electron chi connectivity index (χ0n) is 14.3. The SMILES string of the molecule is C[C@H](CNCCc1ccon1)NS(=O)(=O)c1ccc2cnccc2c1.Cl. The molecule has 0 unspecified atom stereocenters. The van der Waals surface area contributed by atoms with Crippen molar-refractivity contribution in [1.29, 1.82) is 0 Å². The maximum atomic E-state index is 12.5. The van der Waals surface area contributed by atoms with Gasteiger partial charge in [0, 0.05) is 49.4 Å².